The second kappa shape index (κ2) is 9.17. The molecule has 0 heterocycles. The second-order valence-electron chi connectivity index (χ2n) is 7.13. The summed E-state index contributed by atoms with van der Waals surface area (Å²) in [6.45, 7) is 0. The number of hydrogen-bond acceptors (Lipinski definition) is 3. The number of aliphatic carboxylic acids is 1. The van der Waals surface area contributed by atoms with Gasteiger partial charge >= 0.3 is 5.97 Å². The summed E-state index contributed by atoms with van der Waals surface area (Å²) in [7, 11) is 0. The highest BCUT2D eigenvalue weighted by molar-refractivity contribution is 5.96. The van der Waals surface area contributed by atoms with Gasteiger partial charge in [0.1, 0.15) is 0 Å². The zero-order valence-electron chi connectivity index (χ0n) is 15.6. The molecular weight excluding hydrogens is 356 g/mol. The maximum atomic E-state index is 12.6. The fourth-order valence-electron chi connectivity index (χ4n) is 2.99. The van der Waals surface area contributed by atoms with E-state index in [2.05, 4.69) is 10.6 Å². The number of hydrogen-bond donors (Lipinski definition) is 3. The lowest BCUT2D eigenvalue weighted by Gasteiger charge is -2.18. The Balaban J connectivity index is 1.61. The van der Waals surface area contributed by atoms with E-state index in [1.54, 1.807) is 24.3 Å². The van der Waals surface area contributed by atoms with Crippen LogP contribution in [0.5, 0.6) is 0 Å². The number of carbonyl (C=O) groups is 3. The SMILES string of the molecule is O=C(O)CCC(Cc1ccccc1)NC(=O)c1ccc(NC(=O)C2CC2)cc1. The predicted molar refractivity (Wildman–Crippen MR) is 106 cm³/mol. The lowest BCUT2D eigenvalue weighted by Crippen LogP contribution is -2.36. The summed E-state index contributed by atoms with van der Waals surface area (Å²) in [6.07, 6.45) is 2.78. The summed E-state index contributed by atoms with van der Waals surface area (Å²) >= 11 is 0. The molecule has 1 aliphatic carbocycles. The van der Waals surface area contributed by atoms with Crippen molar-refractivity contribution in [3.8, 4) is 0 Å². The molecule has 3 rings (SSSR count). The number of carbonyl (C=O) groups excluding carboxylic acids is 2. The van der Waals surface area contributed by atoms with Crippen LogP contribution in [0.4, 0.5) is 5.69 Å². The maximum absolute atomic E-state index is 12.6. The first-order chi connectivity index (χ1) is 13.5. The minimum Gasteiger partial charge on any atom is -0.481 e. The van der Waals surface area contributed by atoms with E-state index < -0.39 is 5.97 Å². The summed E-state index contributed by atoms with van der Waals surface area (Å²) < 4.78 is 0. The van der Waals surface area contributed by atoms with Gasteiger partial charge in [0.15, 0.2) is 0 Å². The third kappa shape index (κ3) is 5.94. The Morgan fingerprint density at radius 2 is 1.68 bits per heavy atom. The molecule has 2 amide bonds. The topological polar surface area (TPSA) is 95.5 Å². The average Bonchev–Trinajstić information content (AvgIpc) is 3.53. The van der Waals surface area contributed by atoms with Crippen LogP contribution in [0.15, 0.2) is 54.6 Å². The summed E-state index contributed by atoms with van der Waals surface area (Å²) in [5.74, 6) is -1.00. The zero-order chi connectivity index (χ0) is 19.9. The maximum Gasteiger partial charge on any atom is 0.303 e. The molecule has 146 valence electrons. The molecule has 3 N–H and O–H groups in total. The minimum atomic E-state index is -0.886. The average molecular weight is 380 g/mol. The number of amides is 2. The molecule has 1 saturated carbocycles. The van der Waals surface area contributed by atoms with Crippen molar-refractivity contribution in [2.75, 3.05) is 5.32 Å². The molecule has 2 aromatic carbocycles. The number of carboxylic acid groups (broad SMARTS) is 1. The van der Waals surface area contributed by atoms with Gasteiger partial charge in [-0.15, -0.1) is 0 Å². The molecule has 6 heteroatoms. The van der Waals surface area contributed by atoms with Crippen LogP contribution in [0.1, 0.15) is 41.6 Å². The van der Waals surface area contributed by atoms with Crippen LogP contribution in [-0.4, -0.2) is 28.9 Å². The highest BCUT2D eigenvalue weighted by atomic mass is 16.4. The Kier molecular flexibility index (Phi) is 6.42. The van der Waals surface area contributed by atoms with Crippen molar-refractivity contribution in [3.05, 3.63) is 65.7 Å². The Hall–Kier alpha value is -3.15. The van der Waals surface area contributed by atoms with Crippen molar-refractivity contribution in [1.29, 1.82) is 0 Å². The third-order valence-corrected chi connectivity index (χ3v) is 4.73. The molecule has 1 unspecified atom stereocenters. The molecule has 1 atom stereocenters. The van der Waals surface area contributed by atoms with Crippen molar-refractivity contribution in [1.82, 2.24) is 5.32 Å². The van der Waals surface area contributed by atoms with Crippen LogP contribution in [-0.2, 0) is 16.0 Å². The van der Waals surface area contributed by atoms with Crippen LogP contribution < -0.4 is 10.6 Å². The summed E-state index contributed by atoms with van der Waals surface area (Å²) in [6, 6.07) is 16.1. The highest BCUT2D eigenvalue weighted by Gasteiger charge is 2.29. The van der Waals surface area contributed by atoms with Gasteiger partial charge in [-0.3, -0.25) is 14.4 Å². The molecule has 0 saturated heterocycles. The van der Waals surface area contributed by atoms with Crippen molar-refractivity contribution in [3.63, 3.8) is 0 Å². The van der Waals surface area contributed by atoms with Gasteiger partial charge in [0.05, 0.1) is 0 Å². The first-order valence-electron chi connectivity index (χ1n) is 9.49. The first-order valence-corrected chi connectivity index (χ1v) is 9.49. The molecule has 0 radical (unpaired) electrons. The highest BCUT2D eigenvalue weighted by Crippen LogP contribution is 2.30. The molecule has 0 aliphatic heterocycles. The first kappa shape index (κ1) is 19.6. The van der Waals surface area contributed by atoms with Crippen LogP contribution in [0.2, 0.25) is 0 Å². The smallest absolute Gasteiger partial charge is 0.303 e. The van der Waals surface area contributed by atoms with Crippen molar-refractivity contribution in [2.24, 2.45) is 5.92 Å². The van der Waals surface area contributed by atoms with Gasteiger partial charge in [-0.2, -0.15) is 0 Å². The Bertz CT molecular complexity index is 829. The quantitative estimate of drug-likeness (QED) is 0.622. The number of rotatable bonds is 9. The van der Waals surface area contributed by atoms with E-state index in [-0.39, 0.29) is 30.2 Å². The van der Waals surface area contributed by atoms with Gasteiger partial charge in [-0.25, -0.2) is 0 Å². The molecule has 1 fully saturated rings. The normalized spacial score (nSPS) is 14.1. The molecular formula is C22H24N2O4. The zero-order valence-corrected chi connectivity index (χ0v) is 15.6. The molecule has 6 nitrogen and oxygen atoms in total. The van der Waals surface area contributed by atoms with E-state index in [9.17, 15) is 14.4 Å². The standard InChI is InChI=1S/C22H24N2O4/c25-20(26)13-12-19(14-15-4-2-1-3-5-15)24-22(28)17-8-10-18(11-9-17)23-21(27)16-6-7-16/h1-5,8-11,16,19H,6-7,12-14H2,(H,23,27)(H,24,28)(H,25,26). The lowest BCUT2D eigenvalue weighted by atomic mass is 10.0. The van der Waals surface area contributed by atoms with Gasteiger partial charge in [0.2, 0.25) is 5.91 Å². The van der Waals surface area contributed by atoms with Crippen LogP contribution >= 0.6 is 0 Å². The molecule has 0 bridgehead atoms. The lowest BCUT2D eigenvalue weighted by molar-refractivity contribution is -0.137. The summed E-state index contributed by atoms with van der Waals surface area (Å²) in [5, 5.41) is 14.8. The van der Waals surface area contributed by atoms with Gasteiger partial charge in [0.25, 0.3) is 5.91 Å². The van der Waals surface area contributed by atoms with E-state index in [1.165, 1.54) is 0 Å². The number of carboxylic acids is 1. The van der Waals surface area contributed by atoms with Crippen LogP contribution in [0.3, 0.4) is 0 Å². The molecule has 0 aromatic heterocycles. The predicted octanol–water partition coefficient (Wildman–Crippen LogP) is 3.24. The monoisotopic (exact) mass is 380 g/mol. The minimum absolute atomic E-state index is 0.0100. The van der Waals surface area contributed by atoms with Crippen LogP contribution in [0, 0.1) is 5.92 Å². The number of anilines is 1. The number of benzene rings is 2. The number of nitrogens with one attached hydrogen (secondary N) is 2. The van der Waals surface area contributed by atoms with Gasteiger partial charge in [-0.1, -0.05) is 30.3 Å². The van der Waals surface area contributed by atoms with E-state index in [1.807, 2.05) is 30.3 Å². The van der Waals surface area contributed by atoms with Crippen LogP contribution in [0.25, 0.3) is 0 Å². The Morgan fingerprint density at radius 1 is 1.00 bits per heavy atom. The second-order valence-corrected chi connectivity index (χ2v) is 7.13. The van der Waals surface area contributed by atoms with Gasteiger partial charge in [-0.05, 0) is 55.5 Å². The van der Waals surface area contributed by atoms with Gasteiger partial charge < -0.3 is 15.7 Å². The van der Waals surface area contributed by atoms with Crippen molar-refractivity contribution >= 4 is 23.5 Å². The van der Waals surface area contributed by atoms with Gasteiger partial charge in [0, 0.05) is 29.6 Å². The van der Waals surface area contributed by atoms with E-state index >= 15 is 0 Å². The van der Waals surface area contributed by atoms with E-state index in [0.717, 1.165) is 18.4 Å². The molecule has 2 aromatic rings. The fraction of sp³-hybridized carbons (Fsp3) is 0.318. The van der Waals surface area contributed by atoms with E-state index in [4.69, 9.17) is 5.11 Å². The summed E-state index contributed by atoms with van der Waals surface area (Å²) in [4.78, 5) is 35.3. The largest absolute Gasteiger partial charge is 0.481 e. The molecule has 28 heavy (non-hydrogen) atoms. The van der Waals surface area contributed by atoms with E-state index in [0.29, 0.717) is 24.1 Å². The Morgan fingerprint density at radius 3 is 2.29 bits per heavy atom. The van der Waals surface area contributed by atoms with Crippen molar-refractivity contribution in [2.45, 2.75) is 38.1 Å². The summed E-state index contributed by atoms with van der Waals surface area (Å²) in [5.41, 5.74) is 2.18. The molecule has 1 aliphatic rings. The van der Waals surface area contributed by atoms with Crippen molar-refractivity contribution < 1.29 is 19.5 Å². The Labute approximate surface area is 164 Å². The molecule has 0 spiro atoms. The third-order valence-electron chi connectivity index (χ3n) is 4.73. The fourth-order valence-corrected chi connectivity index (χ4v) is 2.99.